The van der Waals surface area contributed by atoms with Crippen molar-refractivity contribution in [2.24, 2.45) is 0 Å². The average Bonchev–Trinajstić information content (AvgIpc) is 1.95. The highest BCUT2D eigenvalue weighted by atomic mass is 19.3. The van der Waals surface area contributed by atoms with Crippen LogP contribution in [0.1, 0.15) is 0 Å². The van der Waals surface area contributed by atoms with Gasteiger partial charge in [-0.25, -0.2) is 13.2 Å². The standard InChI is InChI=1S/C4H3F5O/c5-1-2(6)4(8,9)10-3(1)7/h1-3H. The maximum atomic E-state index is 11.9. The Morgan fingerprint density at radius 1 is 1.10 bits per heavy atom. The Balaban J connectivity index is 2.71. The van der Waals surface area contributed by atoms with Crippen LogP contribution in [0.3, 0.4) is 0 Å². The molecule has 1 rings (SSSR count). The summed E-state index contributed by atoms with van der Waals surface area (Å²) >= 11 is 0. The van der Waals surface area contributed by atoms with E-state index in [4.69, 9.17) is 0 Å². The number of halogens is 5. The van der Waals surface area contributed by atoms with Crippen molar-refractivity contribution < 1.29 is 26.7 Å². The zero-order valence-corrected chi connectivity index (χ0v) is 4.53. The van der Waals surface area contributed by atoms with Gasteiger partial charge in [0.25, 0.3) is 0 Å². The Morgan fingerprint density at radius 2 is 1.60 bits per heavy atom. The van der Waals surface area contributed by atoms with E-state index < -0.39 is 24.8 Å². The summed E-state index contributed by atoms with van der Waals surface area (Å²) in [6.45, 7) is 0. The Kier molecular flexibility index (Phi) is 1.58. The van der Waals surface area contributed by atoms with E-state index in [1.165, 1.54) is 0 Å². The molecule has 1 nitrogen and oxygen atoms in total. The predicted octanol–water partition coefficient (Wildman–Crippen LogP) is 1.58. The molecule has 10 heavy (non-hydrogen) atoms. The molecule has 0 saturated carbocycles. The number of ether oxygens (including phenoxy) is 1. The Labute approximate surface area is 52.8 Å². The molecule has 0 spiro atoms. The fourth-order valence-electron chi connectivity index (χ4n) is 0.598. The van der Waals surface area contributed by atoms with Gasteiger partial charge in [0, 0.05) is 0 Å². The van der Waals surface area contributed by atoms with Crippen LogP contribution in [0.4, 0.5) is 22.0 Å². The molecule has 0 aliphatic carbocycles. The molecule has 60 valence electrons. The van der Waals surface area contributed by atoms with E-state index in [0.717, 1.165) is 0 Å². The van der Waals surface area contributed by atoms with E-state index in [2.05, 4.69) is 4.74 Å². The highest BCUT2D eigenvalue weighted by molar-refractivity contribution is 4.85. The van der Waals surface area contributed by atoms with Crippen molar-refractivity contribution >= 4 is 0 Å². The molecule has 0 aromatic heterocycles. The molecule has 1 saturated heterocycles. The molecular formula is C4H3F5O. The van der Waals surface area contributed by atoms with E-state index in [9.17, 15) is 22.0 Å². The van der Waals surface area contributed by atoms with Gasteiger partial charge in [0.1, 0.15) is 0 Å². The average molecular weight is 162 g/mol. The molecule has 1 aliphatic rings. The smallest absolute Gasteiger partial charge is 0.280 e. The molecule has 6 heteroatoms. The Hall–Kier alpha value is -0.390. The molecule has 0 bridgehead atoms. The van der Waals surface area contributed by atoms with Gasteiger partial charge in [0.05, 0.1) is 0 Å². The van der Waals surface area contributed by atoms with Crippen LogP contribution in [0.5, 0.6) is 0 Å². The lowest BCUT2D eigenvalue weighted by atomic mass is 10.3. The van der Waals surface area contributed by atoms with Crippen LogP contribution < -0.4 is 0 Å². The topological polar surface area (TPSA) is 9.23 Å². The normalized spacial score (nSPS) is 45.9. The molecule has 0 radical (unpaired) electrons. The quantitative estimate of drug-likeness (QED) is 0.491. The van der Waals surface area contributed by atoms with Gasteiger partial charge in [0.15, 0.2) is 6.17 Å². The largest absolute Gasteiger partial charge is 0.392 e. The van der Waals surface area contributed by atoms with Gasteiger partial charge in [-0.1, -0.05) is 0 Å². The second-order valence-electron chi connectivity index (χ2n) is 1.88. The summed E-state index contributed by atoms with van der Waals surface area (Å²) in [7, 11) is 0. The highest BCUT2D eigenvalue weighted by Crippen LogP contribution is 2.38. The summed E-state index contributed by atoms with van der Waals surface area (Å²) in [5.41, 5.74) is 0. The molecule has 0 N–H and O–H groups in total. The Morgan fingerprint density at radius 3 is 1.70 bits per heavy atom. The summed E-state index contributed by atoms with van der Waals surface area (Å²) in [5, 5.41) is 0. The van der Waals surface area contributed by atoms with Crippen molar-refractivity contribution in [1.29, 1.82) is 0 Å². The van der Waals surface area contributed by atoms with Gasteiger partial charge in [-0.15, -0.1) is 0 Å². The van der Waals surface area contributed by atoms with Crippen molar-refractivity contribution in [3.05, 3.63) is 0 Å². The maximum absolute atomic E-state index is 11.9. The number of hydrogen-bond donors (Lipinski definition) is 0. The summed E-state index contributed by atoms with van der Waals surface area (Å²) in [6.07, 6.45) is -13.2. The second kappa shape index (κ2) is 2.05. The van der Waals surface area contributed by atoms with E-state index in [1.54, 1.807) is 0 Å². The maximum Gasteiger partial charge on any atom is 0.392 e. The van der Waals surface area contributed by atoms with Crippen molar-refractivity contribution in [2.45, 2.75) is 24.8 Å². The van der Waals surface area contributed by atoms with Crippen molar-refractivity contribution in [1.82, 2.24) is 0 Å². The third-order valence-electron chi connectivity index (χ3n) is 1.12. The summed E-state index contributed by atoms with van der Waals surface area (Å²) in [4.78, 5) is 0. The van der Waals surface area contributed by atoms with Gasteiger partial charge < -0.3 is 0 Å². The van der Waals surface area contributed by atoms with E-state index in [-0.39, 0.29) is 0 Å². The van der Waals surface area contributed by atoms with Crippen molar-refractivity contribution in [3.8, 4) is 0 Å². The van der Waals surface area contributed by atoms with Crippen LogP contribution in [0.25, 0.3) is 0 Å². The Bertz CT molecular complexity index is 138. The van der Waals surface area contributed by atoms with E-state index >= 15 is 0 Å². The van der Waals surface area contributed by atoms with Crippen molar-refractivity contribution in [3.63, 3.8) is 0 Å². The molecule has 0 amide bonds. The summed E-state index contributed by atoms with van der Waals surface area (Å²) in [6, 6.07) is 0. The SMILES string of the molecule is FC1OC(F)(F)C(F)C1F. The van der Waals surface area contributed by atoms with Gasteiger partial charge in [-0.3, -0.25) is 4.74 Å². The number of rotatable bonds is 0. The zero-order valence-electron chi connectivity index (χ0n) is 4.53. The molecule has 0 aromatic rings. The molecule has 3 atom stereocenters. The van der Waals surface area contributed by atoms with Gasteiger partial charge >= 0.3 is 6.11 Å². The number of alkyl halides is 5. The molecule has 1 aliphatic heterocycles. The van der Waals surface area contributed by atoms with Crippen LogP contribution in [0, 0.1) is 0 Å². The first kappa shape index (κ1) is 7.71. The lowest BCUT2D eigenvalue weighted by Crippen LogP contribution is -2.29. The number of hydrogen-bond acceptors (Lipinski definition) is 1. The zero-order chi connectivity index (χ0) is 7.94. The van der Waals surface area contributed by atoms with Crippen molar-refractivity contribution in [2.75, 3.05) is 0 Å². The van der Waals surface area contributed by atoms with Gasteiger partial charge in [0.2, 0.25) is 12.5 Å². The second-order valence-corrected chi connectivity index (χ2v) is 1.88. The summed E-state index contributed by atoms with van der Waals surface area (Å²) < 4.78 is 62.0. The predicted molar refractivity (Wildman–Crippen MR) is 20.7 cm³/mol. The minimum Gasteiger partial charge on any atom is -0.280 e. The molecule has 1 heterocycles. The van der Waals surface area contributed by atoms with E-state index in [0.29, 0.717) is 0 Å². The molecule has 3 unspecified atom stereocenters. The third kappa shape index (κ3) is 0.960. The van der Waals surface area contributed by atoms with Crippen LogP contribution in [-0.4, -0.2) is 24.8 Å². The van der Waals surface area contributed by atoms with Crippen LogP contribution in [-0.2, 0) is 4.74 Å². The molecular weight excluding hydrogens is 159 g/mol. The van der Waals surface area contributed by atoms with Crippen LogP contribution >= 0.6 is 0 Å². The fraction of sp³-hybridized carbons (Fsp3) is 1.00. The fourth-order valence-corrected chi connectivity index (χ4v) is 0.598. The highest BCUT2D eigenvalue weighted by Gasteiger charge is 2.59. The first-order chi connectivity index (χ1) is 4.45. The van der Waals surface area contributed by atoms with E-state index in [1.807, 2.05) is 0 Å². The van der Waals surface area contributed by atoms with Crippen LogP contribution in [0.15, 0.2) is 0 Å². The lowest BCUT2D eigenvalue weighted by Gasteiger charge is -2.07. The third-order valence-corrected chi connectivity index (χ3v) is 1.12. The van der Waals surface area contributed by atoms with Gasteiger partial charge in [-0.2, -0.15) is 8.78 Å². The van der Waals surface area contributed by atoms with Gasteiger partial charge in [-0.05, 0) is 0 Å². The molecule has 1 fully saturated rings. The minimum absolute atomic E-state index is 2.86. The minimum atomic E-state index is -4.32. The first-order valence-electron chi connectivity index (χ1n) is 2.43. The molecule has 0 aromatic carbocycles. The monoisotopic (exact) mass is 162 g/mol. The first-order valence-corrected chi connectivity index (χ1v) is 2.43. The van der Waals surface area contributed by atoms with Crippen LogP contribution in [0.2, 0.25) is 0 Å². The summed E-state index contributed by atoms with van der Waals surface area (Å²) in [5.74, 6) is 0. The lowest BCUT2D eigenvalue weighted by molar-refractivity contribution is -0.264.